The summed E-state index contributed by atoms with van der Waals surface area (Å²) in [6.45, 7) is 0.687. The van der Waals surface area contributed by atoms with Crippen LogP contribution in [0, 0.1) is 0 Å². The molecule has 7 nitrogen and oxygen atoms in total. The van der Waals surface area contributed by atoms with E-state index in [1.807, 2.05) is 6.07 Å². The molecule has 0 aliphatic carbocycles. The molecule has 0 fully saturated rings. The van der Waals surface area contributed by atoms with Crippen molar-refractivity contribution in [2.75, 3.05) is 32.1 Å². The van der Waals surface area contributed by atoms with Gasteiger partial charge in [0.05, 0.1) is 29.9 Å². The van der Waals surface area contributed by atoms with Gasteiger partial charge in [-0.05, 0) is 47.2 Å². The molecule has 0 saturated heterocycles. The number of anilines is 1. The Bertz CT molecular complexity index is 1130. The van der Waals surface area contributed by atoms with Crippen molar-refractivity contribution in [2.45, 2.75) is 4.90 Å². The molecule has 3 aromatic carbocycles. The zero-order valence-electron chi connectivity index (χ0n) is 16.1. The third kappa shape index (κ3) is 4.85. The Morgan fingerprint density at radius 2 is 1.69 bits per heavy atom. The van der Waals surface area contributed by atoms with Gasteiger partial charge < -0.3 is 14.8 Å². The number of benzene rings is 3. The highest BCUT2D eigenvalue weighted by Crippen LogP contribution is 2.25. The molecule has 3 rings (SSSR count). The molecule has 0 heterocycles. The van der Waals surface area contributed by atoms with Gasteiger partial charge in [0.25, 0.3) is 15.9 Å². The molecule has 0 atom stereocenters. The van der Waals surface area contributed by atoms with Crippen LogP contribution in [0.1, 0.15) is 10.4 Å². The second kappa shape index (κ2) is 8.93. The maximum atomic E-state index is 12.9. The molecule has 8 heteroatoms. The van der Waals surface area contributed by atoms with E-state index in [-0.39, 0.29) is 22.1 Å². The number of methoxy groups -OCH3 is 2. The number of hydrogen-bond donors (Lipinski definition) is 2. The minimum Gasteiger partial charge on any atom is -0.497 e. The summed E-state index contributed by atoms with van der Waals surface area (Å²) < 4.78 is 38.5. The van der Waals surface area contributed by atoms with Crippen molar-refractivity contribution in [3.63, 3.8) is 0 Å². The predicted octanol–water partition coefficient (Wildman–Crippen LogP) is 3.03. The van der Waals surface area contributed by atoms with Gasteiger partial charge >= 0.3 is 0 Å². The van der Waals surface area contributed by atoms with Gasteiger partial charge in [-0.15, -0.1) is 0 Å². The van der Waals surface area contributed by atoms with E-state index >= 15 is 0 Å². The minimum atomic E-state index is -3.89. The van der Waals surface area contributed by atoms with Crippen molar-refractivity contribution in [3.8, 4) is 5.75 Å². The summed E-state index contributed by atoms with van der Waals surface area (Å²) >= 11 is 0. The first kappa shape index (κ1) is 20.6. The number of sulfonamides is 1. The maximum absolute atomic E-state index is 12.9. The molecule has 0 radical (unpaired) electrons. The zero-order valence-corrected chi connectivity index (χ0v) is 17.0. The topological polar surface area (TPSA) is 93.7 Å². The quantitative estimate of drug-likeness (QED) is 0.553. The summed E-state index contributed by atoms with van der Waals surface area (Å²) in [5, 5.41) is 4.32. The second-order valence-electron chi connectivity index (χ2n) is 6.27. The van der Waals surface area contributed by atoms with E-state index in [1.54, 1.807) is 55.6 Å². The molecule has 1 amide bonds. The number of hydrogen-bond acceptors (Lipinski definition) is 5. The first-order chi connectivity index (χ1) is 13.9. The fourth-order valence-corrected chi connectivity index (χ4v) is 3.95. The monoisotopic (exact) mass is 414 g/mol. The molecule has 29 heavy (non-hydrogen) atoms. The van der Waals surface area contributed by atoms with Crippen LogP contribution >= 0.6 is 0 Å². The lowest BCUT2D eigenvalue weighted by atomic mass is 10.1. The van der Waals surface area contributed by atoms with Crippen LogP contribution in [-0.2, 0) is 14.8 Å². The number of para-hydroxylation sites is 1. The smallest absolute Gasteiger partial charge is 0.261 e. The Hall–Kier alpha value is -3.10. The molecular weight excluding hydrogens is 392 g/mol. The maximum Gasteiger partial charge on any atom is 0.261 e. The lowest BCUT2D eigenvalue weighted by Gasteiger charge is -2.13. The Kier molecular flexibility index (Phi) is 6.36. The number of carbonyl (C=O) groups excluding carboxylic acids is 1. The highest BCUT2D eigenvalue weighted by atomic mass is 32.2. The van der Waals surface area contributed by atoms with Crippen LogP contribution in [-0.4, -0.2) is 41.7 Å². The largest absolute Gasteiger partial charge is 0.497 e. The first-order valence-electron chi connectivity index (χ1n) is 8.91. The number of amides is 1. The molecule has 0 aliphatic rings. The van der Waals surface area contributed by atoms with Gasteiger partial charge in [0.1, 0.15) is 5.75 Å². The van der Waals surface area contributed by atoms with E-state index in [2.05, 4.69) is 10.0 Å². The summed E-state index contributed by atoms with van der Waals surface area (Å²) in [5.41, 5.74) is 0.440. The molecule has 0 aliphatic heterocycles. The van der Waals surface area contributed by atoms with E-state index in [4.69, 9.17) is 9.47 Å². The minimum absolute atomic E-state index is 0.102. The van der Waals surface area contributed by atoms with Crippen molar-refractivity contribution >= 4 is 32.4 Å². The average molecular weight is 414 g/mol. The average Bonchev–Trinajstić information content (AvgIpc) is 2.73. The molecule has 0 unspecified atom stereocenters. The lowest BCUT2D eigenvalue weighted by molar-refractivity contribution is 0.0938. The molecule has 152 valence electrons. The molecule has 0 spiro atoms. The van der Waals surface area contributed by atoms with Gasteiger partial charge in [0.2, 0.25) is 0 Å². The van der Waals surface area contributed by atoms with E-state index in [0.717, 1.165) is 10.8 Å². The van der Waals surface area contributed by atoms with Crippen molar-refractivity contribution in [3.05, 3.63) is 66.2 Å². The molecular formula is C21H22N2O5S. The second-order valence-corrected chi connectivity index (χ2v) is 7.96. The van der Waals surface area contributed by atoms with Crippen LogP contribution in [0.2, 0.25) is 0 Å². The highest BCUT2D eigenvalue weighted by molar-refractivity contribution is 7.92. The van der Waals surface area contributed by atoms with Gasteiger partial charge in [0, 0.05) is 13.7 Å². The Morgan fingerprint density at radius 3 is 2.45 bits per heavy atom. The van der Waals surface area contributed by atoms with Gasteiger partial charge in [0.15, 0.2) is 0 Å². The van der Waals surface area contributed by atoms with Crippen LogP contribution in [0.3, 0.4) is 0 Å². The van der Waals surface area contributed by atoms with E-state index in [1.165, 1.54) is 13.2 Å². The number of ether oxygens (including phenoxy) is 2. The Morgan fingerprint density at radius 1 is 0.966 bits per heavy atom. The predicted molar refractivity (Wildman–Crippen MR) is 112 cm³/mol. The van der Waals surface area contributed by atoms with Gasteiger partial charge in [-0.3, -0.25) is 9.52 Å². The third-order valence-electron chi connectivity index (χ3n) is 4.34. The van der Waals surface area contributed by atoms with Crippen molar-refractivity contribution in [2.24, 2.45) is 0 Å². The summed E-state index contributed by atoms with van der Waals surface area (Å²) in [4.78, 5) is 12.5. The lowest BCUT2D eigenvalue weighted by Crippen LogP contribution is -2.28. The number of carbonyl (C=O) groups is 1. The number of rotatable bonds is 8. The first-order valence-corrected chi connectivity index (χ1v) is 10.4. The van der Waals surface area contributed by atoms with Gasteiger partial charge in [-0.25, -0.2) is 8.42 Å². The van der Waals surface area contributed by atoms with Crippen LogP contribution < -0.4 is 14.8 Å². The normalized spacial score (nSPS) is 11.2. The SMILES string of the molecule is COCCNC(=O)c1ccccc1NS(=O)(=O)c1ccc2cc(OC)ccc2c1. The van der Waals surface area contributed by atoms with E-state index in [0.29, 0.717) is 18.9 Å². The van der Waals surface area contributed by atoms with Crippen molar-refractivity contribution in [1.29, 1.82) is 0 Å². The van der Waals surface area contributed by atoms with Crippen molar-refractivity contribution in [1.82, 2.24) is 5.32 Å². The standard InChI is InChI=1S/C21H22N2O5S/c1-27-12-11-22-21(24)19-5-3-4-6-20(19)23-29(25,26)18-10-8-15-13-17(28-2)9-7-16(15)14-18/h3-10,13-14,23H,11-12H2,1-2H3,(H,22,24). The highest BCUT2D eigenvalue weighted by Gasteiger charge is 2.19. The van der Waals surface area contributed by atoms with Gasteiger partial charge in [-0.2, -0.15) is 0 Å². The van der Waals surface area contributed by atoms with Crippen LogP contribution in [0.5, 0.6) is 5.75 Å². The van der Waals surface area contributed by atoms with Crippen LogP contribution in [0.4, 0.5) is 5.69 Å². The molecule has 0 bridgehead atoms. The Labute approximate surface area is 169 Å². The summed E-state index contributed by atoms with van der Waals surface area (Å²) in [5.74, 6) is 0.311. The fraction of sp³-hybridized carbons (Fsp3) is 0.190. The van der Waals surface area contributed by atoms with Crippen LogP contribution in [0.25, 0.3) is 10.8 Å². The van der Waals surface area contributed by atoms with E-state index < -0.39 is 10.0 Å². The fourth-order valence-electron chi connectivity index (χ4n) is 2.83. The third-order valence-corrected chi connectivity index (χ3v) is 5.70. The molecule has 0 aromatic heterocycles. The van der Waals surface area contributed by atoms with Crippen LogP contribution in [0.15, 0.2) is 65.6 Å². The van der Waals surface area contributed by atoms with Gasteiger partial charge in [-0.1, -0.05) is 24.3 Å². The molecule has 2 N–H and O–H groups in total. The summed E-state index contributed by atoms with van der Waals surface area (Å²) in [6.07, 6.45) is 0. The van der Waals surface area contributed by atoms with E-state index in [9.17, 15) is 13.2 Å². The summed E-state index contributed by atoms with van der Waals surface area (Å²) in [7, 11) is -0.776. The molecule has 3 aromatic rings. The molecule has 0 saturated carbocycles. The zero-order chi connectivity index (χ0) is 20.9. The summed E-state index contributed by atoms with van der Waals surface area (Å²) in [6, 6.07) is 16.7. The Balaban J connectivity index is 1.88. The van der Waals surface area contributed by atoms with Crippen molar-refractivity contribution < 1.29 is 22.7 Å². The number of nitrogens with one attached hydrogen (secondary N) is 2. The number of fused-ring (bicyclic) bond motifs is 1.